The third-order valence-electron chi connectivity index (χ3n) is 1.75. The molecule has 0 aliphatic carbocycles. The SMILES string of the molecule is CC(C)[C@@H](C)NC(=O)[C@@H](C)O. The topological polar surface area (TPSA) is 49.3 Å². The van der Waals surface area contributed by atoms with Gasteiger partial charge in [-0.15, -0.1) is 0 Å². The van der Waals surface area contributed by atoms with Crippen LogP contribution in [0.2, 0.25) is 0 Å². The van der Waals surface area contributed by atoms with Crippen LogP contribution in [0.15, 0.2) is 0 Å². The van der Waals surface area contributed by atoms with Crippen LogP contribution in [0.5, 0.6) is 0 Å². The lowest BCUT2D eigenvalue weighted by Gasteiger charge is -2.18. The number of nitrogens with one attached hydrogen (secondary N) is 1. The van der Waals surface area contributed by atoms with Gasteiger partial charge in [0.2, 0.25) is 5.91 Å². The second kappa shape index (κ2) is 4.34. The molecule has 3 nitrogen and oxygen atoms in total. The molecule has 3 heteroatoms. The predicted molar refractivity (Wildman–Crippen MR) is 44.1 cm³/mol. The summed E-state index contributed by atoms with van der Waals surface area (Å²) in [4.78, 5) is 10.9. The Labute approximate surface area is 67.8 Å². The highest BCUT2D eigenvalue weighted by Crippen LogP contribution is 1.99. The first-order valence-electron chi connectivity index (χ1n) is 3.93. The molecule has 0 radical (unpaired) electrons. The first-order chi connectivity index (χ1) is 4.95. The van der Waals surface area contributed by atoms with Crippen molar-refractivity contribution in [2.75, 3.05) is 0 Å². The molecule has 0 aliphatic rings. The number of hydrogen-bond donors (Lipinski definition) is 2. The molecule has 0 aromatic heterocycles. The molecule has 11 heavy (non-hydrogen) atoms. The zero-order chi connectivity index (χ0) is 9.02. The van der Waals surface area contributed by atoms with Crippen molar-refractivity contribution in [3.05, 3.63) is 0 Å². The van der Waals surface area contributed by atoms with E-state index in [1.165, 1.54) is 6.92 Å². The molecule has 0 saturated carbocycles. The number of amides is 1. The number of carbonyl (C=O) groups excluding carboxylic acids is 1. The first kappa shape index (κ1) is 10.4. The molecule has 0 fully saturated rings. The van der Waals surface area contributed by atoms with Gasteiger partial charge in [-0.1, -0.05) is 13.8 Å². The van der Waals surface area contributed by atoms with E-state index < -0.39 is 6.10 Å². The van der Waals surface area contributed by atoms with E-state index in [1.54, 1.807) is 0 Å². The number of rotatable bonds is 3. The Hall–Kier alpha value is -0.570. The number of hydrogen-bond acceptors (Lipinski definition) is 2. The van der Waals surface area contributed by atoms with Crippen LogP contribution in [0.1, 0.15) is 27.7 Å². The highest BCUT2D eigenvalue weighted by atomic mass is 16.3. The highest BCUT2D eigenvalue weighted by Gasteiger charge is 2.13. The molecular weight excluding hydrogens is 142 g/mol. The molecule has 0 saturated heterocycles. The van der Waals surface area contributed by atoms with Crippen LogP contribution in [0.3, 0.4) is 0 Å². The molecule has 0 unspecified atom stereocenters. The van der Waals surface area contributed by atoms with Gasteiger partial charge in [-0.25, -0.2) is 0 Å². The summed E-state index contributed by atoms with van der Waals surface area (Å²) < 4.78 is 0. The van der Waals surface area contributed by atoms with E-state index in [0.29, 0.717) is 5.92 Å². The van der Waals surface area contributed by atoms with Gasteiger partial charge in [-0.2, -0.15) is 0 Å². The molecule has 66 valence electrons. The van der Waals surface area contributed by atoms with Gasteiger partial charge in [0.25, 0.3) is 0 Å². The molecule has 0 aromatic rings. The average molecular weight is 159 g/mol. The maximum absolute atomic E-state index is 10.9. The van der Waals surface area contributed by atoms with Crippen LogP contribution in [0, 0.1) is 5.92 Å². The summed E-state index contributed by atoms with van der Waals surface area (Å²) in [5, 5.41) is 11.5. The Morgan fingerprint density at radius 2 is 1.73 bits per heavy atom. The fourth-order valence-electron chi connectivity index (χ4n) is 0.512. The summed E-state index contributed by atoms with van der Waals surface area (Å²) in [7, 11) is 0. The minimum absolute atomic E-state index is 0.122. The molecule has 0 bridgehead atoms. The average Bonchev–Trinajstić information content (AvgIpc) is 1.87. The number of aliphatic hydroxyl groups excluding tert-OH is 1. The fraction of sp³-hybridized carbons (Fsp3) is 0.875. The van der Waals surface area contributed by atoms with Crippen LogP contribution >= 0.6 is 0 Å². The second-order valence-electron chi connectivity index (χ2n) is 3.22. The Kier molecular flexibility index (Phi) is 4.11. The van der Waals surface area contributed by atoms with Gasteiger partial charge in [0.1, 0.15) is 6.10 Å². The number of aliphatic hydroxyl groups is 1. The van der Waals surface area contributed by atoms with Crippen molar-refractivity contribution in [3.63, 3.8) is 0 Å². The van der Waals surface area contributed by atoms with Gasteiger partial charge in [-0.05, 0) is 19.8 Å². The molecule has 0 aliphatic heterocycles. The van der Waals surface area contributed by atoms with Gasteiger partial charge < -0.3 is 10.4 Å². The van der Waals surface area contributed by atoms with Crippen molar-refractivity contribution in [1.29, 1.82) is 0 Å². The summed E-state index contributed by atoms with van der Waals surface area (Å²) in [5.74, 6) is 0.101. The monoisotopic (exact) mass is 159 g/mol. The van der Waals surface area contributed by atoms with Crippen LogP contribution in [0.4, 0.5) is 0 Å². The van der Waals surface area contributed by atoms with Gasteiger partial charge >= 0.3 is 0 Å². The fourth-order valence-corrected chi connectivity index (χ4v) is 0.512. The summed E-state index contributed by atoms with van der Waals surface area (Å²) in [6, 6.07) is 0.122. The van der Waals surface area contributed by atoms with Crippen LogP contribution in [-0.2, 0) is 4.79 Å². The lowest BCUT2D eigenvalue weighted by atomic mass is 10.1. The summed E-state index contributed by atoms with van der Waals surface area (Å²) >= 11 is 0. The van der Waals surface area contributed by atoms with E-state index in [2.05, 4.69) is 5.32 Å². The van der Waals surface area contributed by atoms with E-state index in [-0.39, 0.29) is 11.9 Å². The standard InChI is InChI=1S/C8H17NO2/c1-5(2)6(3)9-8(11)7(4)10/h5-7,10H,1-4H3,(H,9,11)/t6-,7-/m1/s1. The van der Waals surface area contributed by atoms with Crippen LogP contribution < -0.4 is 5.32 Å². The van der Waals surface area contributed by atoms with Crippen molar-refractivity contribution in [1.82, 2.24) is 5.32 Å². The zero-order valence-corrected chi connectivity index (χ0v) is 7.59. The van der Waals surface area contributed by atoms with Crippen LogP contribution in [0.25, 0.3) is 0 Å². The quantitative estimate of drug-likeness (QED) is 0.631. The van der Waals surface area contributed by atoms with Crippen molar-refractivity contribution in [2.45, 2.75) is 39.8 Å². The van der Waals surface area contributed by atoms with Gasteiger partial charge in [0, 0.05) is 6.04 Å². The summed E-state index contributed by atoms with van der Waals surface area (Å²) in [6.07, 6.45) is -0.906. The van der Waals surface area contributed by atoms with E-state index in [1.807, 2.05) is 20.8 Å². The molecule has 2 atom stereocenters. The Morgan fingerprint density at radius 1 is 1.27 bits per heavy atom. The van der Waals surface area contributed by atoms with E-state index in [4.69, 9.17) is 5.11 Å². The van der Waals surface area contributed by atoms with Crippen LogP contribution in [-0.4, -0.2) is 23.2 Å². The van der Waals surface area contributed by atoms with E-state index >= 15 is 0 Å². The first-order valence-corrected chi connectivity index (χ1v) is 3.93. The van der Waals surface area contributed by atoms with Crippen molar-refractivity contribution < 1.29 is 9.90 Å². The third kappa shape index (κ3) is 3.98. The lowest BCUT2D eigenvalue weighted by molar-refractivity contribution is -0.129. The minimum atomic E-state index is -0.906. The maximum atomic E-state index is 10.9. The molecule has 0 spiro atoms. The van der Waals surface area contributed by atoms with Gasteiger partial charge in [0.05, 0.1) is 0 Å². The molecule has 0 aromatic carbocycles. The predicted octanol–water partition coefficient (Wildman–Crippen LogP) is 0.528. The normalized spacial score (nSPS) is 16.2. The van der Waals surface area contributed by atoms with Crippen molar-refractivity contribution in [2.24, 2.45) is 5.92 Å². The number of carbonyl (C=O) groups is 1. The van der Waals surface area contributed by atoms with E-state index in [9.17, 15) is 4.79 Å². The molecule has 0 rings (SSSR count). The van der Waals surface area contributed by atoms with Crippen molar-refractivity contribution in [3.8, 4) is 0 Å². The van der Waals surface area contributed by atoms with Gasteiger partial charge in [-0.3, -0.25) is 4.79 Å². The molecule has 0 heterocycles. The Bertz CT molecular complexity index is 132. The van der Waals surface area contributed by atoms with Crippen molar-refractivity contribution >= 4 is 5.91 Å². The minimum Gasteiger partial charge on any atom is -0.384 e. The molecular formula is C8H17NO2. The smallest absolute Gasteiger partial charge is 0.248 e. The third-order valence-corrected chi connectivity index (χ3v) is 1.75. The molecule has 2 N–H and O–H groups in total. The lowest BCUT2D eigenvalue weighted by Crippen LogP contribution is -2.41. The second-order valence-corrected chi connectivity index (χ2v) is 3.22. The maximum Gasteiger partial charge on any atom is 0.248 e. The highest BCUT2D eigenvalue weighted by molar-refractivity contribution is 5.80. The zero-order valence-electron chi connectivity index (χ0n) is 7.59. The summed E-state index contributed by atoms with van der Waals surface area (Å²) in [6.45, 7) is 7.42. The largest absolute Gasteiger partial charge is 0.384 e. The molecule has 1 amide bonds. The Balaban J connectivity index is 3.76. The summed E-state index contributed by atoms with van der Waals surface area (Å²) in [5.41, 5.74) is 0. The van der Waals surface area contributed by atoms with E-state index in [0.717, 1.165) is 0 Å². The van der Waals surface area contributed by atoms with Gasteiger partial charge in [0.15, 0.2) is 0 Å². The Morgan fingerprint density at radius 3 is 2.00 bits per heavy atom.